The number of rotatable bonds is 4. The first-order valence-corrected chi connectivity index (χ1v) is 9.53. The SMILES string of the molecule is Cl.NCc1ccc(C(=O)N2CCCN(C(=O)CC3CCCC3)CC2)cc1. The molecule has 5 nitrogen and oxygen atoms in total. The molecule has 2 fully saturated rings. The Morgan fingerprint density at radius 3 is 2.19 bits per heavy atom. The summed E-state index contributed by atoms with van der Waals surface area (Å²) >= 11 is 0. The van der Waals surface area contributed by atoms with Crippen LogP contribution < -0.4 is 5.73 Å². The van der Waals surface area contributed by atoms with Gasteiger partial charge in [-0.3, -0.25) is 9.59 Å². The zero-order valence-electron chi connectivity index (χ0n) is 15.4. The highest BCUT2D eigenvalue weighted by atomic mass is 35.5. The van der Waals surface area contributed by atoms with Gasteiger partial charge in [0, 0.05) is 44.7 Å². The summed E-state index contributed by atoms with van der Waals surface area (Å²) in [6.07, 6.45) is 6.47. The van der Waals surface area contributed by atoms with Crippen molar-refractivity contribution in [1.29, 1.82) is 0 Å². The monoisotopic (exact) mass is 379 g/mol. The van der Waals surface area contributed by atoms with Crippen LogP contribution in [0.15, 0.2) is 24.3 Å². The third kappa shape index (κ3) is 5.21. The third-order valence-corrected chi connectivity index (χ3v) is 5.51. The van der Waals surface area contributed by atoms with Gasteiger partial charge in [0.25, 0.3) is 5.91 Å². The molecule has 0 bridgehead atoms. The first kappa shape index (κ1) is 20.7. The van der Waals surface area contributed by atoms with Crippen LogP contribution in [0.1, 0.15) is 54.4 Å². The van der Waals surface area contributed by atoms with E-state index in [2.05, 4.69) is 0 Å². The molecular weight excluding hydrogens is 350 g/mol. The molecule has 0 unspecified atom stereocenters. The maximum atomic E-state index is 12.7. The normalized spacial score (nSPS) is 18.3. The fourth-order valence-electron chi connectivity index (χ4n) is 3.93. The van der Waals surface area contributed by atoms with Gasteiger partial charge in [0.05, 0.1) is 0 Å². The number of carbonyl (C=O) groups is 2. The van der Waals surface area contributed by atoms with Crippen molar-refractivity contribution in [3.63, 3.8) is 0 Å². The summed E-state index contributed by atoms with van der Waals surface area (Å²) < 4.78 is 0. The van der Waals surface area contributed by atoms with E-state index < -0.39 is 0 Å². The molecule has 26 heavy (non-hydrogen) atoms. The van der Waals surface area contributed by atoms with Crippen molar-refractivity contribution in [1.82, 2.24) is 9.80 Å². The Balaban J connectivity index is 0.00000243. The van der Waals surface area contributed by atoms with Crippen molar-refractivity contribution in [2.45, 2.75) is 45.1 Å². The fourth-order valence-corrected chi connectivity index (χ4v) is 3.93. The maximum Gasteiger partial charge on any atom is 0.253 e. The lowest BCUT2D eigenvalue weighted by molar-refractivity contribution is -0.132. The van der Waals surface area contributed by atoms with Gasteiger partial charge in [0.2, 0.25) is 5.91 Å². The molecule has 1 aromatic rings. The molecule has 2 aliphatic rings. The lowest BCUT2D eigenvalue weighted by atomic mass is 10.0. The number of benzene rings is 1. The van der Waals surface area contributed by atoms with E-state index in [-0.39, 0.29) is 24.2 Å². The number of amides is 2. The summed E-state index contributed by atoms with van der Waals surface area (Å²) in [6.45, 7) is 3.23. The van der Waals surface area contributed by atoms with Crippen molar-refractivity contribution < 1.29 is 9.59 Å². The first-order valence-electron chi connectivity index (χ1n) is 9.53. The van der Waals surface area contributed by atoms with Crippen molar-refractivity contribution >= 4 is 24.2 Å². The Kier molecular flexibility index (Phi) is 7.91. The highest BCUT2D eigenvalue weighted by molar-refractivity contribution is 5.94. The van der Waals surface area contributed by atoms with Crippen LogP contribution in [0.4, 0.5) is 0 Å². The quantitative estimate of drug-likeness (QED) is 0.874. The molecule has 2 amide bonds. The van der Waals surface area contributed by atoms with E-state index in [4.69, 9.17) is 5.73 Å². The smallest absolute Gasteiger partial charge is 0.253 e. The lowest BCUT2D eigenvalue weighted by Crippen LogP contribution is -2.37. The molecule has 2 N–H and O–H groups in total. The summed E-state index contributed by atoms with van der Waals surface area (Å²) in [5.74, 6) is 0.900. The Labute approximate surface area is 162 Å². The summed E-state index contributed by atoms with van der Waals surface area (Å²) in [5.41, 5.74) is 7.33. The van der Waals surface area contributed by atoms with E-state index in [1.54, 1.807) is 0 Å². The van der Waals surface area contributed by atoms with Gasteiger partial charge in [-0.2, -0.15) is 0 Å². The number of nitrogens with zero attached hydrogens (tertiary/aromatic N) is 2. The van der Waals surface area contributed by atoms with Crippen LogP contribution in [0.5, 0.6) is 0 Å². The predicted octanol–water partition coefficient (Wildman–Crippen LogP) is 2.82. The molecule has 0 radical (unpaired) electrons. The number of carbonyl (C=O) groups excluding carboxylic acids is 2. The van der Waals surface area contributed by atoms with Crippen LogP contribution in [0.25, 0.3) is 0 Å². The molecule has 0 aromatic heterocycles. The zero-order chi connectivity index (χ0) is 17.6. The van der Waals surface area contributed by atoms with E-state index in [0.717, 1.165) is 18.5 Å². The predicted molar refractivity (Wildman–Crippen MR) is 105 cm³/mol. The standard InChI is InChI=1S/C20H29N3O2.ClH/c21-15-17-6-8-18(9-7-17)20(25)23-11-3-10-22(12-13-23)19(24)14-16-4-1-2-5-16;/h6-9,16H,1-5,10-15,21H2;1H. The van der Waals surface area contributed by atoms with Gasteiger partial charge in [0.15, 0.2) is 0 Å². The Bertz CT molecular complexity index is 600. The molecular formula is C20H30ClN3O2. The minimum atomic E-state index is 0. The van der Waals surface area contributed by atoms with E-state index in [0.29, 0.717) is 44.1 Å². The second-order valence-corrected chi connectivity index (χ2v) is 7.28. The van der Waals surface area contributed by atoms with Gasteiger partial charge < -0.3 is 15.5 Å². The first-order chi connectivity index (χ1) is 12.2. The lowest BCUT2D eigenvalue weighted by Gasteiger charge is -2.23. The Hall–Kier alpha value is -1.59. The summed E-state index contributed by atoms with van der Waals surface area (Å²) in [7, 11) is 0. The van der Waals surface area contributed by atoms with Crippen LogP contribution in [0, 0.1) is 5.92 Å². The van der Waals surface area contributed by atoms with Gasteiger partial charge in [-0.05, 0) is 42.9 Å². The average molecular weight is 380 g/mol. The van der Waals surface area contributed by atoms with Crippen LogP contribution in [-0.4, -0.2) is 47.8 Å². The molecule has 144 valence electrons. The average Bonchev–Trinajstić information content (AvgIpc) is 3.02. The van der Waals surface area contributed by atoms with Crippen molar-refractivity contribution in [3.05, 3.63) is 35.4 Å². The highest BCUT2D eigenvalue weighted by Gasteiger charge is 2.25. The number of nitrogens with two attached hydrogens (primary N) is 1. The second-order valence-electron chi connectivity index (χ2n) is 7.28. The fraction of sp³-hybridized carbons (Fsp3) is 0.600. The summed E-state index contributed by atoms with van der Waals surface area (Å²) in [5, 5.41) is 0. The van der Waals surface area contributed by atoms with Crippen LogP contribution >= 0.6 is 12.4 Å². The van der Waals surface area contributed by atoms with Crippen molar-refractivity contribution in [3.8, 4) is 0 Å². The van der Waals surface area contributed by atoms with Gasteiger partial charge in [-0.15, -0.1) is 12.4 Å². The van der Waals surface area contributed by atoms with Crippen molar-refractivity contribution in [2.75, 3.05) is 26.2 Å². The molecule has 0 atom stereocenters. The molecule has 1 aromatic carbocycles. The van der Waals surface area contributed by atoms with Gasteiger partial charge in [0.1, 0.15) is 0 Å². The number of hydrogen-bond donors (Lipinski definition) is 1. The van der Waals surface area contributed by atoms with Crippen molar-refractivity contribution in [2.24, 2.45) is 11.7 Å². The van der Waals surface area contributed by atoms with Gasteiger partial charge in [-0.1, -0.05) is 25.0 Å². The van der Waals surface area contributed by atoms with E-state index in [1.165, 1.54) is 25.7 Å². The van der Waals surface area contributed by atoms with Crippen LogP contribution in [-0.2, 0) is 11.3 Å². The Morgan fingerprint density at radius 2 is 1.54 bits per heavy atom. The second kappa shape index (κ2) is 9.93. The van der Waals surface area contributed by atoms with Gasteiger partial charge in [-0.25, -0.2) is 0 Å². The molecule has 1 saturated heterocycles. The minimum absolute atomic E-state index is 0. The number of hydrogen-bond acceptors (Lipinski definition) is 3. The van der Waals surface area contributed by atoms with Gasteiger partial charge >= 0.3 is 0 Å². The van der Waals surface area contributed by atoms with E-state index >= 15 is 0 Å². The third-order valence-electron chi connectivity index (χ3n) is 5.51. The highest BCUT2D eigenvalue weighted by Crippen LogP contribution is 2.28. The summed E-state index contributed by atoms with van der Waals surface area (Å²) in [4.78, 5) is 29.1. The van der Waals surface area contributed by atoms with E-state index in [9.17, 15) is 9.59 Å². The van der Waals surface area contributed by atoms with E-state index in [1.807, 2.05) is 34.1 Å². The van der Waals surface area contributed by atoms with Crippen LogP contribution in [0.2, 0.25) is 0 Å². The van der Waals surface area contributed by atoms with Crippen LogP contribution in [0.3, 0.4) is 0 Å². The topological polar surface area (TPSA) is 66.6 Å². The Morgan fingerprint density at radius 1 is 0.923 bits per heavy atom. The maximum absolute atomic E-state index is 12.7. The zero-order valence-corrected chi connectivity index (χ0v) is 16.2. The molecule has 1 aliphatic carbocycles. The molecule has 0 spiro atoms. The molecule has 1 saturated carbocycles. The molecule has 6 heteroatoms. The largest absolute Gasteiger partial charge is 0.341 e. The molecule has 1 heterocycles. The summed E-state index contributed by atoms with van der Waals surface area (Å²) in [6, 6.07) is 7.50. The molecule has 1 aliphatic heterocycles. The minimum Gasteiger partial charge on any atom is -0.341 e. The number of halogens is 1. The molecule has 3 rings (SSSR count).